The minimum Gasteiger partial charge on any atom is -0.461 e. The van der Waals surface area contributed by atoms with Crippen molar-refractivity contribution in [3.05, 3.63) is 53.6 Å². The fraction of sp³-hybridized carbons (Fsp3) is 0.278. The number of rotatable bonds is 6. The second-order valence-corrected chi connectivity index (χ2v) is 5.50. The summed E-state index contributed by atoms with van der Waals surface area (Å²) >= 11 is 0. The van der Waals surface area contributed by atoms with Crippen LogP contribution in [-0.4, -0.2) is 16.0 Å². The lowest BCUT2D eigenvalue weighted by atomic mass is 10.1. The molecule has 1 aromatic carbocycles. The van der Waals surface area contributed by atoms with E-state index in [-0.39, 0.29) is 12.3 Å². The van der Waals surface area contributed by atoms with Gasteiger partial charge >= 0.3 is 0 Å². The lowest BCUT2D eigenvalue weighted by Crippen LogP contribution is -2.14. The zero-order valence-electron chi connectivity index (χ0n) is 13.7. The summed E-state index contributed by atoms with van der Waals surface area (Å²) in [4.78, 5) is 16.5. The molecule has 0 saturated heterocycles. The highest BCUT2D eigenvalue weighted by molar-refractivity contribution is 5.92. The molecule has 24 heavy (non-hydrogen) atoms. The van der Waals surface area contributed by atoms with Crippen molar-refractivity contribution < 1.29 is 13.7 Å². The molecule has 6 heteroatoms. The third-order valence-corrected chi connectivity index (χ3v) is 3.78. The molecule has 0 unspecified atom stereocenters. The van der Waals surface area contributed by atoms with Crippen LogP contribution in [0.2, 0.25) is 0 Å². The maximum Gasteiger partial charge on any atom is 0.238 e. The lowest BCUT2D eigenvalue weighted by Gasteiger charge is -2.12. The fourth-order valence-corrected chi connectivity index (χ4v) is 2.49. The summed E-state index contributed by atoms with van der Waals surface area (Å²) in [6, 6.07) is 9.52. The predicted octanol–water partition coefficient (Wildman–Crippen LogP) is 3.77. The Labute approximate surface area is 139 Å². The minimum absolute atomic E-state index is 0.0725. The molecule has 0 aliphatic carbocycles. The largest absolute Gasteiger partial charge is 0.461 e. The van der Waals surface area contributed by atoms with Gasteiger partial charge in [0.05, 0.1) is 6.26 Å². The Kier molecular flexibility index (Phi) is 4.74. The first kappa shape index (κ1) is 16.0. The van der Waals surface area contributed by atoms with Gasteiger partial charge in [0.1, 0.15) is 0 Å². The molecule has 3 aromatic rings. The monoisotopic (exact) mass is 325 g/mol. The topological polar surface area (TPSA) is 81.2 Å². The standard InChI is InChI=1S/C18H19N3O3/c1-3-13-7-4-6-12(2)17(13)19-15(22)9-10-16-20-18(21-24-16)14-8-5-11-23-14/h4-8,11H,3,9-10H2,1-2H3,(H,19,22). The molecule has 0 saturated carbocycles. The molecule has 0 spiro atoms. The number of para-hydroxylation sites is 1. The number of hydrogen-bond acceptors (Lipinski definition) is 5. The van der Waals surface area contributed by atoms with Crippen molar-refractivity contribution in [1.82, 2.24) is 10.1 Å². The van der Waals surface area contributed by atoms with Crippen molar-refractivity contribution in [2.45, 2.75) is 33.1 Å². The zero-order valence-corrected chi connectivity index (χ0v) is 13.7. The van der Waals surface area contributed by atoms with E-state index in [2.05, 4.69) is 22.4 Å². The average molecular weight is 325 g/mol. The highest BCUT2D eigenvalue weighted by Gasteiger charge is 2.13. The van der Waals surface area contributed by atoms with Gasteiger partial charge in [-0.25, -0.2) is 0 Å². The molecule has 3 rings (SSSR count). The zero-order chi connectivity index (χ0) is 16.9. The van der Waals surface area contributed by atoms with Crippen LogP contribution in [0.4, 0.5) is 5.69 Å². The molecule has 0 fully saturated rings. The molecule has 6 nitrogen and oxygen atoms in total. The molecule has 1 amide bonds. The molecule has 0 radical (unpaired) electrons. The maximum atomic E-state index is 12.2. The van der Waals surface area contributed by atoms with E-state index >= 15 is 0 Å². The molecule has 1 N–H and O–H groups in total. The van der Waals surface area contributed by atoms with Gasteiger partial charge in [0, 0.05) is 18.5 Å². The lowest BCUT2D eigenvalue weighted by molar-refractivity contribution is -0.116. The summed E-state index contributed by atoms with van der Waals surface area (Å²) in [6.07, 6.45) is 3.07. The summed E-state index contributed by atoms with van der Waals surface area (Å²) in [7, 11) is 0. The average Bonchev–Trinajstić information content (AvgIpc) is 3.26. The van der Waals surface area contributed by atoms with Crippen LogP contribution in [0.25, 0.3) is 11.6 Å². The third-order valence-electron chi connectivity index (χ3n) is 3.78. The number of carbonyl (C=O) groups excluding carboxylic acids is 1. The first-order chi connectivity index (χ1) is 11.7. The van der Waals surface area contributed by atoms with Crippen molar-refractivity contribution in [2.75, 3.05) is 5.32 Å². The Balaban J connectivity index is 1.60. The van der Waals surface area contributed by atoms with E-state index in [1.165, 1.54) is 0 Å². The third kappa shape index (κ3) is 3.53. The van der Waals surface area contributed by atoms with Crippen LogP contribution >= 0.6 is 0 Å². The van der Waals surface area contributed by atoms with Gasteiger partial charge in [-0.05, 0) is 36.6 Å². The van der Waals surface area contributed by atoms with E-state index in [0.29, 0.717) is 23.9 Å². The number of carbonyl (C=O) groups is 1. The SMILES string of the molecule is CCc1cccc(C)c1NC(=O)CCc1nc(-c2ccco2)no1. The molecule has 2 heterocycles. The summed E-state index contributed by atoms with van der Waals surface area (Å²) in [5, 5.41) is 6.84. The van der Waals surface area contributed by atoms with Gasteiger partial charge in [-0.1, -0.05) is 30.3 Å². The molecule has 2 aromatic heterocycles. The van der Waals surface area contributed by atoms with Crippen LogP contribution in [0.1, 0.15) is 30.4 Å². The quantitative estimate of drug-likeness (QED) is 0.746. The van der Waals surface area contributed by atoms with Crippen molar-refractivity contribution in [2.24, 2.45) is 0 Å². The number of nitrogens with zero attached hydrogens (tertiary/aromatic N) is 2. The highest BCUT2D eigenvalue weighted by atomic mass is 16.5. The number of amides is 1. The molecular formula is C18H19N3O3. The number of nitrogens with one attached hydrogen (secondary N) is 1. The smallest absolute Gasteiger partial charge is 0.238 e. The van der Waals surface area contributed by atoms with Gasteiger partial charge in [-0.3, -0.25) is 4.79 Å². The van der Waals surface area contributed by atoms with Crippen LogP contribution in [0.15, 0.2) is 45.5 Å². The Morgan fingerprint density at radius 2 is 2.12 bits per heavy atom. The van der Waals surface area contributed by atoms with E-state index in [0.717, 1.165) is 23.2 Å². The van der Waals surface area contributed by atoms with Crippen LogP contribution in [0.5, 0.6) is 0 Å². The second-order valence-electron chi connectivity index (χ2n) is 5.50. The molecule has 0 aliphatic rings. The van der Waals surface area contributed by atoms with Crippen LogP contribution < -0.4 is 5.32 Å². The number of hydrogen-bond donors (Lipinski definition) is 1. The van der Waals surface area contributed by atoms with E-state index in [1.807, 2.05) is 25.1 Å². The maximum absolute atomic E-state index is 12.2. The molecule has 124 valence electrons. The van der Waals surface area contributed by atoms with Crippen molar-refractivity contribution in [3.8, 4) is 11.6 Å². The molecule has 0 atom stereocenters. The number of benzene rings is 1. The Hall–Kier alpha value is -2.89. The number of aryl methyl sites for hydroxylation is 3. The van der Waals surface area contributed by atoms with Gasteiger partial charge < -0.3 is 14.3 Å². The fourth-order valence-electron chi connectivity index (χ4n) is 2.49. The number of anilines is 1. The van der Waals surface area contributed by atoms with Crippen molar-refractivity contribution >= 4 is 11.6 Å². The van der Waals surface area contributed by atoms with E-state index < -0.39 is 0 Å². The summed E-state index contributed by atoms with van der Waals surface area (Å²) < 4.78 is 10.4. The predicted molar refractivity (Wildman–Crippen MR) is 89.5 cm³/mol. The van der Waals surface area contributed by atoms with Gasteiger partial charge in [0.2, 0.25) is 17.6 Å². The number of furan rings is 1. The van der Waals surface area contributed by atoms with Gasteiger partial charge in [0.15, 0.2) is 5.76 Å². The van der Waals surface area contributed by atoms with E-state index in [1.54, 1.807) is 18.4 Å². The first-order valence-corrected chi connectivity index (χ1v) is 7.92. The molecule has 0 bridgehead atoms. The summed E-state index contributed by atoms with van der Waals surface area (Å²) in [5.41, 5.74) is 3.08. The summed E-state index contributed by atoms with van der Waals surface area (Å²) in [5.74, 6) is 1.28. The van der Waals surface area contributed by atoms with Gasteiger partial charge in [0.25, 0.3) is 0 Å². The summed E-state index contributed by atoms with van der Waals surface area (Å²) in [6.45, 7) is 4.06. The first-order valence-electron chi connectivity index (χ1n) is 7.92. The Morgan fingerprint density at radius 1 is 1.25 bits per heavy atom. The molecule has 0 aliphatic heterocycles. The van der Waals surface area contributed by atoms with Gasteiger partial charge in [-0.2, -0.15) is 4.98 Å². The van der Waals surface area contributed by atoms with Gasteiger partial charge in [-0.15, -0.1) is 0 Å². The Bertz CT molecular complexity index is 822. The van der Waals surface area contributed by atoms with Crippen LogP contribution in [0, 0.1) is 6.92 Å². The van der Waals surface area contributed by atoms with Crippen LogP contribution in [0.3, 0.4) is 0 Å². The molecular weight excluding hydrogens is 306 g/mol. The van der Waals surface area contributed by atoms with E-state index in [4.69, 9.17) is 8.94 Å². The van der Waals surface area contributed by atoms with Crippen molar-refractivity contribution in [3.63, 3.8) is 0 Å². The minimum atomic E-state index is -0.0725. The van der Waals surface area contributed by atoms with E-state index in [9.17, 15) is 4.79 Å². The second kappa shape index (κ2) is 7.12. The van der Waals surface area contributed by atoms with Crippen LogP contribution in [-0.2, 0) is 17.6 Å². The highest BCUT2D eigenvalue weighted by Crippen LogP contribution is 2.21. The normalized spacial score (nSPS) is 10.8. The Morgan fingerprint density at radius 3 is 2.88 bits per heavy atom. The van der Waals surface area contributed by atoms with Crippen molar-refractivity contribution in [1.29, 1.82) is 0 Å². The number of aromatic nitrogens is 2.